The summed E-state index contributed by atoms with van der Waals surface area (Å²) in [6.07, 6.45) is 3.97. The molecular formula is C17H20N4O3. The number of para-hydroxylation sites is 1. The molecule has 24 heavy (non-hydrogen) atoms. The first-order chi connectivity index (χ1) is 11.6. The number of hydrogen-bond acceptors (Lipinski definition) is 5. The van der Waals surface area contributed by atoms with Gasteiger partial charge in [0.05, 0.1) is 29.2 Å². The number of benzene rings is 1. The van der Waals surface area contributed by atoms with Crippen molar-refractivity contribution >= 4 is 23.2 Å². The second kappa shape index (κ2) is 6.74. The van der Waals surface area contributed by atoms with Gasteiger partial charge in [-0.2, -0.15) is 0 Å². The zero-order chi connectivity index (χ0) is 17.1. The van der Waals surface area contributed by atoms with Gasteiger partial charge >= 0.3 is 0 Å². The van der Waals surface area contributed by atoms with E-state index in [4.69, 9.17) is 4.42 Å². The molecule has 2 amide bonds. The smallest absolute Gasteiger partial charge is 0.254 e. The zero-order valence-electron chi connectivity index (χ0n) is 13.6. The van der Waals surface area contributed by atoms with Crippen LogP contribution >= 0.6 is 0 Å². The van der Waals surface area contributed by atoms with E-state index in [2.05, 4.69) is 20.9 Å². The molecule has 0 saturated heterocycles. The largest absolute Gasteiger partial charge is 0.446 e. The Balaban J connectivity index is 1.88. The Labute approximate surface area is 139 Å². The van der Waals surface area contributed by atoms with E-state index in [1.54, 1.807) is 24.4 Å². The van der Waals surface area contributed by atoms with Crippen molar-refractivity contribution in [3.63, 3.8) is 0 Å². The molecule has 1 aromatic heterocycles. The fourth-order valence-corrected chi connectivity index (χ4v) is 2.79. The monoisotopic (exact) mass is 328 g/mol. The van der Waals surface area contributed by atoms with Crippen molar-refractivity contribution in [2.24, 2.45) is 0 Å². The molecule has 0 radical (unpaired) electrons. The first-order valence-electron chi connectivity index (χ1n) is 7.97. The molecular weight excluding hydrogens is 308 g/mol. The quantitative estimate of drug-likeness (QED) is 0.802. The number of nitrogens with one attached hydrogen (secondary N) is 3. The van der Waals surface area contributed by atoms with Gasteiger partial charge in [0, 0.05) is 12.5 Å². The maximum atomic E-state index is 12.8. The second-order valence-corrected chi connectivity index (χ2v) is 5.86. The molecule has 0 spiro atoms. The van der Waals surface area contributed by atoms with Crippen molar-refractivity contribution in [2.45, 2.75) is 38.8 Å². The Morgan fingerprint density at radius 3 is 3.04 bits per heavy atom. The van der Waals surface area contributed by atoms with Crippen molar-refractivity contribution in [1.29, 1.82) is 0 Å². The summed E-state index contributed by atoms with van der Waals surface area (Å²) >= 11 is 0. The molecule has 1 aliphatic rings. The summed E-state index contributed by atoms with van der Waals surface area (Å²) in [6.45, 7) is 3.87. The van der Waals surface area contributed by atoms with Gasteiger partial charge in [-0.1, -0.05) is 13.0 Å². The van der Waals surface area contributed by atoms with Crippen molar-refractivity contribution in [2.75, 3.05) is 10.6 Å². The molecule has 3 rings (SSSR count). The highest BCUT2D eigenvalue weighted by Crippen LogP contribution is 2.30. The Kier molecular flexibility index (Phi) is 4.50. The summed E-state index contributed by atoms with van der Waals surface area (Å²) in [7, 11) is 0. The van der Waals surface area contributed by atoms with Gasteiger partial charge < -0.3 is 20.4 Å². The summed E-state index contributed by atoms with van der Waals surface area (Å²) in [5.41, 5.74) is 1.74. The molecule has 1 aliphatic heterocycles. The van der Waals surface area contributed by atoms with Gasteiger partial charge in [-0.15, -0.1) is 0 Å². The normalized spacial score (nSPS) is 17.9. The highest BCUT2D eigenvalue weighted by atomic mass is 16.3. The SMILES string of the molecule is CC[C@@H](NC(=O)c1cccc2c1N[C@H](C)CC(=O)N2)c1cnco1. The van der Waals surface area contributed by atoms with Crippen LogP contribution in [0.2, 0.25) is 0 Å². The number of aromatic nitrogens is 1. The van der Waals surface area contributed by atoms with E-state index >= 15 is 0 Å². The minimum absolute atomic E-state index is 0.0588. The molecule has 7 heteroatoms. The van der Waals surface area contributed by atoms with Crippen LogP contribution in [0.25, 0.3) is 0 Å². The van der Waals surface area contributed by atoms with E-state index in [-0.39, 0.29) is 23.9 Å². The number of rotatable bonds is 4. The van der Waals surface area contributed by atoms with Crippen molar-refractivity contribution in [1.82, 2.24) is 10.3 Å². The number of carbonyl (C=O) groups excluding carboxylic acids is 2. The summed E-state index contributed by atoms with van der Waals surface area (Å²) < 4.78 is 5.29. The van der Waals surface area contributed by atoms with Crippen LogP contribution in [-0.2, 0) is 4.79 Å². The van der Waals surface area contributed by atoms with Gasteiger partial charge in [-0.25, -0.2) is 4.98 Å². The highest BCUT2D eigenvalue weighted by Gasteiger charge is 2.24. The van der Waals surface area contributed by atoms with Gasteiger partial charge in [0.1, 0.15) is 5.76 Å². The van der Waals surface area contributed by atoms with Crippen LogP contribution in [-0.4, -0.2) is 22.8 Å². The number of oxazole rings is 1. The second-order valence-electron chi connectivity index (χ2n) is 5.86. The third-order valence-electron chi connectivity index (χ3n) is 3.97. The van der Waals surface area contributed by atoms with E-state index in [0.717, 1.165) is 0 Å². The van der Waals surface area contributed by atoms with E-state index in [1.165, 1.54) is 6.39 Å². The van der Waals surface area contributed by atoms with E-state index in [9.17, 15) is 9.59 Å². The van der Waals surface area contributed by atoms with Crippen LogP contribution in [0.15, 0.2) is 35.2 Å². The summed E-state index contributed by atoms with van der Waals surface area (Å²) in [5, 5.41) is 9.04. The lowest BCUT2D eigenvalue weighted by molar-refractivity contribution is -0.116. The van der Waals surface area contributed by atoms with Gasteiger partial charge in [0.25, 0.3) is 5.91 Å². The van der Waals surface area contributed by atoms with Crippen LogP contribution < -0.4 is 16.0 Å². The van der Waals surface area contributed by atoms with E-state index in [1.807, 2.05) is 13.8 Å². The minimum Gasteiger partial charge on any atom is -0.446 e. The topological polar surface area (TPSA) is 96.3 Å². The van der Waals surface area contributed by atoms with Gasteiger partial charge in [0.15, 0.2) is 6.39 Å². The summed E-state index contributed by atoms with van der Waals surface area (Å²) in [4.78, 5) is 28.5. The number of nitrogens with zero attached hydrogens (tertiary/aromatic N) is 1. The van der Waals surface area contributed by atoms with Gasteiger partial charge in [0.2, 0.25) is 5.91 Å². The molecule has 126 valence electrons. The molecule has 0 fully saturated rings. The lowest BCUT2D eigenvalue weighted by atomic mass is 10.1. The third kappa shape index (κ3) is 3.24. The van der Waals surface area contributed by atoms with Crippen LogP contribution in [0.5, 0.6) is 0 Å². The van der Waals surface area contributed by atoms with Crippen LogP contribution in [0, 0.1) is 0 Å². The molecule has 0 aliphatic carbocycles. The molecule has 2 heterocycles. The highest BCUT2D eigenvalue weighted by molar-refractivity contribution is 6.06. The Morgan fingerprint density at radius 1 is 1.50 bits per heavy atom. The standard InChI is InChI=1S/C17H20N4O3/c1-3-12(14-8-18-9-24-14)21-17(23)11-5-4-6-13-16(11)19-10(2)7-15(22)20-13/h4-6,8-10,12,19H,3,7H2,1-2H3,(H,20,22)(H,21,23)/t10-,12-/m1/s1. The molecule has 7 nitrogen and oxygen atoms in total. The maximum absolute atomic E-state index is 12.8. The summed E-state index contributed by atoms with van der Waals surface area (Å²) in [6, 6.07) is 4.95. The summed E-state index contributed by atoms with van der Waals surface area (Å²) in [5.74, 6) is 0.313. The van der Waals surface area contributed by atoms with Crippen molar-refractivity contribution in [3.8, 4) is 0 Å². The Bertz CT molecular complexity index is 742. The van der Waals surface area contributed by atoms with E-state index < -0.39 is 0 Å². The first-order valence-corrected chi connectivity index (χ1v) is 7.97. The number of anilines is 2. The Morgan fingerprint density at radius 2 is 2.33 bits per heavy atom. The molecule has 1 aromatic carbocycles. The van der Waals surface area contributed by atoms with Crippen molar-refractivity contribution in [3.05, 3.63) is 42.1 Å². The van der Waals surface area contributed by atoms with Gasteiger partial charge in [-0.05, 0) is 25.5 Å². The molecule has 3 N–H and O–H groups in total. The molecule has 0 unspecified atom stereocenters. The molecule has 2 atom stereocenters. The van der Waals surface area contributed by atoms with Gasteiger partial charge in [-0.3, -0.25) is 9.59 Å². The first kappa shape index (κ1) is 16.0. The molecule has 2 aromatic rings. The van der Waals surface area contributed by atoms with Crippen LogP contribution in [0.1, 0.15) is 48.8 Å². The van der Waals surface area contributed by atoms with Crippen LogP contribution in [0.3, 0.4) is 0 Å². The molecule has 0 bridgehead atoms. The third-order valence-corrected chi connectivity index (χ3v) is 3.97. The fourth-order valence-electron chi connectivity index (χ4n) is 2.79. The number of fused-ring (bicyclic) bond motifs is 1. The number of amides is 2. The predicted molar refractivity (Wildman–Crippen MR) is 89.8 cm³/mol. The minimum atomic E-state index is -0.256. The zero-order valence-corrected chi connectivity index (χ0v) is 13.6. The number of hydrogen-bond donors (Lipinski definition) is 3. The maximum Gasteiger partial charge on any atom is 0.254 e. The van der Waals surface area contributed by atoms with E-state index in [0.29, 0.717) is 35.5 Å². The van der Waals surface area contributed by atoms with Crippen molar-refractivity contribution < 1.29 is 14.0 Å². The lowest BCUT2D eigenvalue weighted by Crippen LogP contribution is -2.29. The predicted octanol–water partition coefficient (Wildman–Crippen LogP) is 2.70. The average Bonchev–Trinajstić information content (AvgIpc) is 3.02. The Hall–Kier alpha value is -2.83. The lowest BCUT2D eigenvalue weighted by Gasteiger charge is -2.18. The average molecular weight is 328 g/mol. The van der Waals surface area contributed by atoms with Crippen LogP contribution in [0.4, 0.5) is 11.4 Å². The number of carbonyl (C=O) groups is 2. The molecule has 0 saturated carbocycles. The fraction of sp³-hybridized carbons (Fsp3) is 0.353.